The zero-order valence-corrected chi connectivity index (χ0v) is 23.1. The molecule has 0 bridgehead atoms. The molecule has 0 aliphatic carbocycles. The summed E-state index contributed by atoms with van der Waals surface area (Å²) in [6.45, 7) is 8.00. The molecule has 1 atom stereocenters. The van der Waals surface area contributed by atoms with Gasteiger partial charge in [0.25, 0.3) is 0 Å². The van der Waals surface area contributed by atoms with E-state index in [-0.39, 0.29) is 33.3 Å². The minimum atomic E-state index is -3.81. The van der Waals surface area contributed by atoms with Gasteiger partial charge in [-0.2, -0.15) is 4.31 Å². The van der Waals surface area contributed by atoms with Gasteiger partial charge < -0.3 is 10.6 Å². The van der Waals surface area contributed by atoms with Crippen LogP contribution in [0.2, 0.25) is 10.0 Å². The molecule has 1 amide bonds. The van der Waals surface area contributed by atoms with Gasteiger partial charge >= 0.3 is 0 Å². The van der Waals surface area contributed by atoms with Gasteiger partial charge in [-0.3, -0.25) is 4.79 Å². The lowest BCUT2D eigenvalue weighted by molar-refractivity contribution is -0.121. The smallest absolute Gasteiger partial charge is 0.244 e. The van der Waals surface area contributed by atoms with Crippen molar-refractivity contribution in [3.05, 3.63) is 70.2 Å². The Labute approximate surface area is 225 Å². The maximum atomic E-state index is 13.3. The summed E-state index contributed by atoms with van der Waals surface area (Å²) in [5.74, 6) is -0.0764. The Bertz CT molecular complexity index is 1150. The second-order valence-corrected chi connectivity index (χ2v) is 11.7. The van der Waals surface area contributed by atoms with Crippen LogP contribution in [0.5, 0.6) is 0 Å². The predicted molar refractivity (Wildman–Crippen MR) is 148 cm³/mol. The first kappa shape index (κ1) is 28.5. The van der Waals surface area contributed by atoms with E-state index in [1.54, 1.807) is 12.1 Å². The molecule has 0 spiro atoms. The van der Waals surface area contributed by atoms with Crippen LogP contribution in [-0.4, -0.2) is 44.3 Å². The summed E-state index contributed by atoms with van der Waals surface area (Å²) in [7, 11) is -3.81. The largest absolute Gasteiger partial charge is 0.385 e. The summed E-state index contributed by atoms with van der Waals surface area (Å²) in [6.07, 6.45) is 4.92. The quantitative estimate of drug-likeness (QED) is 0.357. The molecule has 1 heterocycles. The lowest BCUT2D eigenvalue weighted by Gasteiger charge is -2.35. The lowest BCUT2D eigenvalue weighted by atomic mass is 10.0. The van der Waals surface area contributed by atoms with Crippen LogP contribution in [-0.2, 0) is 21.2 Å². The van der Waals surface area contributed by atoms with Gasteiger partial charge in [0.05, 0.1) is 10.0 Å². The number of piperidine rings is 1. The van der Waals surface area contributed by atoms with E-state index in [1.807, 2.05) is 24.3 Å². The SMILES string of the molecule is C=C(NCCC)c1ccc(CCNC(=O)CCC2CCCCN2S(=O)(=O)c2cccc(Cl)c2Cl)cc1. The molecule has 6 nitrogen and oxygen atoms in total. The van der Waals surface area contributed by atoms with Crippen molar-refractivity contribution in [1.82, 2.24) is 14.9 Å². The lowest BCUT2D eigenvalue weighted by Crippen LogP contribution is -2.44. The summed E-state index contributed by atoms with van der Waals surface area (Å²) < 4.78 is 28.2. The van der Waals surface area contributed by atoms with E-state index in [4.69, 9.17) is 23.2 Å². The summed E-state index contributed by atoms with van der Waals surface area (Å²) in [5, 5.41) is 6.50. The van der Waals surface area contributed by atoms with Crippen molar-refractivity contribution in [1.29, 1.82) is 0 Å². The highest BCUT2D eigenvalue weighted by atomic mass is 35.5. The molecule has 1 aliphatic heterocycles. The van der Waals surface area contributed by atoms with Gasteiger partial charge in [0.15, 0.2) is 0 Å². The molecule has 2 N–H and O–H groups in total. The number of halogens is 2. The topological polar surface area (TPSA) is 78.5 Å². The Morgan fingerprint density at radius 2 is 1.83 bits per heavy atom. The number of amides is 1. The highest BCUT2D eigenvalue weighted by Gasteiger charge is 2.35. The average molecular weight is 553 g/mol. The second kappa shape index (κ2) is 13.5. The number of benzene rings is 2. The number of nitrogens with zero attached hydrogens (tertiary/aromatic N) is 1. The predicted octanol–water partition coefficient (Wildman–Crippen LogP) is 5.65. The van der Waals surface area contributed by atoms with Crippen molar-refractivity contribution in [2.45, 2.75) is 62.8 Å². The molecule has 0 saturated carbocycles. The molecular formula is C27H35Cl2N3O3S. The van der Waals surface area contributed by atoms with Gasteiger partial charge in [-0.1, -0.05) is 73.5 Å². The van der Waals surface area contributed by atoms with Gasteiger partial charge in [-0.15, -0.1) is 0 Å². The minimum absolute atomic E-state index is 0.0174. The van der Waals surface area contributed by atoms with Crippen LogP contribution in [0, 0.1) is 0 Å². The van der Waals surface area contributed by atoms with Crippen molar-refractivity contribution in [2.75, 3.05) is 19.6 Å². The standard InChI is InChI=1S/C27H35Cl2N3O3S/c1-3-17-30-20(2)22-12-10-21(11-13-22)16-18-31-26(33)15-14-23-7-4-5-19-32(23)36(34,35)25-9-6-8-24(28)27(25)29/h6,8-13,23,30H,2-5,7,14-19H2,1H3,(H,31,33). The van der Waals surface area contributed by atoms with Crippen LogP contribution >= 0.6 is 23.2 Å². The van der Waals surface area contributed by atoms with E-state index in [0.29, 0.717) is 19.5 Å². The molecule has 3 rings (SSSR count). The van der Waals surface area contributed by atoms with E-state index in [9.17, 15) is 13.2 Å². The van der Waals surface area contributed by atoms with E-state index in [0.717, 1.165) is 55.5 Å². The fourth-order valence-corrected chi connectivity index (χ4v) is 6.83. The summed E-state index contributed by atoms with van der Waals surface area (Å²) in [5.41, 5.74) is 3.10. The monoisotopic (exact) mass is 551 g/mol. The average Bonchev–Trinajstić information content (AvgIpc) is 2.88. The van der Waals surface area contributed by atoms with E-state index >= 15 is 0 Å². The van der Waals surface area contributed by atoms with Crippen molar-refractivity contribution in [3.8, 4) is 0 Å². The molecule has 9 heteroatoms. The Kier molecular flexibility index (Phi) is 10.7. The highest BCUT2D eigenvalue weighted by Crippen LogP contribution is 2.34. The van der Waals surface area contributed by atoms with Gasteiger partial charge in [0.2, 0.25) is 15.9 Å². The number of carbonyl (C=O) groups excluding carboxylic acids is 1. The fraction of sp³-hybridized carbons (Fsp3) is 0.444. The van der Waals surface area contributed by atoms with Crippen LogP contribution in [0.4, 0.5) is 0 Å². The third-order valence-corrected chi connectivity index (χ3v) is 9.33. The minimum Gasteiger partial charge on any atom is -0.385 e. The molecule has 0 radical (unpaired) electrons. The number of carbonyl (C=O) groups is 1. The van der Waals surface area contributed by atoms with Crippen LogP contribution in [0.25, 0.3) is 5.70 Å². The fourth-order valence-electron chi connectivity index (χ4n) is 4.37. The van der Waals surface area contributed by atoms with E-state index in [2.05, 4.69) is 24.1 Å². The van der Waals surface area contributed by atoms with Crippen LogP contribution < -0.4 is 10.6 Å². The maximum Gasteiger partial charge on any atom is 0.244 e. The number of sulfonamides is 1. The zero-order chi connectivity index (χ0) is 26.1. The zero-order valence-electron chi connectivity index (χ0n) is 20.7. The third-order valence-electron chi connectivity index (χ3n) is 6.41. The molecule has 2 aromatic rings. The third kappa shape index (κ3) is 7.48. The summed E-state index contributed by atoms with van der Waals surface area (Å²) in [4.78, 5) is 12.5. The van der Waals surface area contributed by atoms with Crippen molar-refractivity contribution >= 4 is 44.8 Å². The summed E-state index contributed by atoms with van der Waals surface area (Å²) in [6, 6.07) is 12.5. The first-order chi connectivity index (χ1) is 17.2. The van der Waals surface area contributed by atoms with Crippen LogP contribution in [0.15, 0.2) is 53.9 Å². The van der Waals surface area contributed by atoms with Gasteiger partial charge in [0.1, 0.15) is 4.90 Å². The van der Waals surface area contributed by atoms with Gasteiger partial charge in [0, 0.05) is 37.8 Å². The molecule has 36 heavy (non-hydrogen) atoms. The van der Waals surface area contributed by atoms with Crippen molar-refractivity contribution < 1.29 is 13.2 Å². The molecular weight excluding hydrogens is 517 g/mol. The Morgan fingerprint density at radius 3 is 2.56 bits per heavy atom. The van der Waals surface area contributed by atoms with Gasteiger partial charge in [-0.05, 0) is 55.4 Å². The van der Waals surface area contributed by atoms with Crippen molar-refractivity contribution in [2.24, 2.45) is 0 Å². The number of rotatable bonds is 12. The number of hydrogen-bond acceptors (Lipinski definition) is 4. The molecule has 1 saturated heterocycles. The molecule has 1 aliphatic rings. The molecule has 1 fully saturated rings. The Morgan fingerprint density at radius 1 is 1.08 bits per heavy atom. The second-order valence-electron chi connectivity index (χ2n) is 9.06. The maximum absolute atomic E-state index is 13.3. The Hall–Kier alpha value is -2.06. The number of hydrogen-bond donors (Lipinski definition) is 2. The van der Waals surface area contributed by atoms with E-state index < -0.39 is 10.0 Å². The Balaban J connectivity index is 1.50. The normalized spacial score (nSPS) is 16.5. The molecule has 196 valence electrons. The van der Waals surface area contributed by atoms with Crippen LogP contribution in [0.1, 0.15) is 56.6 Å². The molecule has 1 unspecified atom stereocenters. The number of nitrogens with one attached hydrogen (secondary N) is 2. The van der Waals surface area contributed by atoms with Crippen LogP contribution in [0.3, 0.4) is 0 Å². The first-order valence-corrected chi connectivity index (χ1v) is 14.7. The first-order valence-electron chi connectivity index (χ1n) is 12.5. The van der Waals surface area contributed by atoms with Gasteiger partial charge in [-0.25, -0.2) is 8.42 Å². The van der Waals surface area contributed by atoms with E-state index in [1.165, 1.54) is 10.4 Å². The highest BCUT2D eigenvalue weighted by molar-refractivity contribution is 7.89. The van der Waals surface area contributed by atoms with Crippen molar-refractivity contribution in [3.63, 3.8) is 0 Å². The summed E-state index contributed by atoms with van der Waals surface area (Å²) >= 11 is 12.3. The molecule has 2 aromatic carbocycles. The molecule has 0 aromatic heterocycles.